The van der Waals surface area contributed by atoms with E-state index in [1.54, 1.807) is 0 Å². The van der Waals surface area contributed by atoms with E-state index in [0.29, 0.717) is 19.3 Å². The van der Waals surface area contributed by atoms with Crippen LogP contribution in [0, 0.1) is 0 Å². The topological polar surface area (TPSA) is 63.4 Å². The van der Waals surface area contributed by atoms with Gasteiger partial charge in [-0.15, -0.1) is 0 Å². The monoisotopic (exact) mass is 274 g/mol. The molecule has 0 radical (unpaired) electrons. The van der Waals surface area contributed by atoms with Gasteiger partial charge in [0, 0.05) is 25.9 Å². The van der Waals surface area contributed by atoms with Gasteiger partial charge in [-0.2, -0.15) is 0 Å². The average molecular weight is 274 g/mol. The first-order valence-corrected chi connectivity index (χ1v) is 7.29. The van der Waals surface area contributed by atoms with Gasteiger partial charge in [-0.05, 0) is 36.8 Å². The number of carbonyl (C=O) groups is 2. The third-order valence-electron chi connectivity index (χ3n) is 3.78. The number of benzene rings is 1. The van der Waals surface area contributed by atoms with Crippen LogP contribution >= 0.6 is 0 Å². The number of unbranched alkanes of at least 4 members (excludes halogenated alkanes) is 1. The van der Waals surface area contributed by atoms with E-state index in [1.807, 2.05) is 4.90 Å². The predicted octanol–water partition coefficient (Wildman–Crippen LogP) is 1.66. The van der Waals surface area contributed by atoms with E-state index in [0.717, 1.165) is 32.4 Å². The summed E-state index contributed by atoms with van der Waals surface area (Å²) in [7, 11) is 0. The number of rotatable bonds is 5. The Morgan fingerprint density at radius 3 is 1.95 bits per heavy atom. The first-order chi connectivity index (χ1) is 9.65. The van der Waals surface area contributed by atoms with Crippen molar-refractivity contribution in [1.29, 1.82) is 0 Å². The quantitative estimate of drug-likeness (QED) is 0.830. The van der Waals surface area contributed by atoms with E-state index in [1.165, 1.54) is 11.1 Å². The van der Waals surface area contributed by atoms with Gasteiger partial charge in [0.1, 0.15) is 0 Å². The second kappa shape index (κ2) is 7.08. The summed E-state index contributed by atoms with van der Waals surface area (Å²) in [5, 5.41) is 0. The minimum absolute atomic E-state index is 0.192. The molecule has 0 aromatic heterocycles. The van der Waals surface area contributed by atoms with E-state index in [9.17, 15) is 9.59 Å². The minimum Gasteiger partial charge on any atom is -0.370 e. The second-order valence-corrected chi connectivity index (χ2v) is 5.37. The highest BCUT2D eigenvalue weighted by Gasteiger charge is 2.15. The molecule has 0 saturated carbocycles. The first kappa shape index (κ1) is 14.6. The average Bonchev–Trinajstić information content (AvgIpc) is 2.60. The van der Waals surface area contributed by atoms with Crippen LogP contribution in [0.2, 0.25) is 0 Å². The van der Waals surface area contributed by atoms with E-state index in [4.69, 9.17) is 5.73 Å². The second-order valence-electron chi connectivity index (χ2n) is 5.37. The van der Waals surface area contributed by atoms with Crippen molar-refractivity contribution < 1.29 is 9.59 Å². The fourth-order valence-corrected chi connectivity index (χ4v) is 2.50. The summed E-state index contributed by atoms with van der Waals surface area (Å²) in [6, 6.07) is 8.60. The lowest BCUT2D eigenvalue weighted by molar-refractivity contribution is -0.131. The molecule has 0 fully saturated rings. The zero-order valence-corrected chi connectivity index (χ0v) is 11.8. The first-order valence-electron chi connectivity index (χ1n) is 7.29. The van der Waals surface area contributed by atoms with Crippen LogP contribution in [0.25, 0.3) is 0 Å². The summed E-state index contributed by atoms with van der Waals surface area (Å²) < 4.78 is 0. The van der Waals surface area contributed by atoms with Crippen LogP contribution in [0.15, 0.2) is 24.3 Å². The lowest BCUT2D eigenvalue weighted by Crippen LogP contribution is -2.34. The molecule has 0 saturated heterocycles. The van der Waals surface area contributed by atoms with Crippen molar-refractivity contribution in [2.24, 2.45) is 5.73 Å². The molecule has 2 heterocycles. The van der Waals surface area contributed by atoms with Gasteiger partial charge in [0.05, 0.1) is 0 Å². The molecule has 0 spiro atoms. The van der Waals surface area contributed by atoms with Crippen molar-refractivity contribution in [3.8, 4) is 0 Å². The predicted molar refractivity (Wildman–Crippen MR) is 78.1 cm³/mol. The molecule has 2 aliphatic rings. The summed E-state index contributed by atoms with van der Waals surface area (Å²) in [6.07, 6.45) is 4.14. The van der Waals surface area contributed by atoms with Crippen LogP contribution in [-0.2, 0) is 22.4 Å². The summed E-state index contributed by atoms with van der Waals surface area (Å²) in [5.41, 5.74) is 7.65. The number of nitrogens with two attached hydrogens (primary N) is 1. The molecule has 1 aromatic rings. The van der Waals surface area contributed by atoms with E-state index in [2.05, 4.69) is 24.3 Å². The largest absolute Gasteiger partial charge is 0.370 e. The molecule has 0 aliphatic carbocycles. The maximum absolute atomic E-state index is 12.2. The number of fused-ring (bicyclic) bond motifs is 6. The molecule has 2 aliphatic heterocycles. The van der Waals surface area contributed by atoms with Crippen molar-refractivity contribution >= 4 is 11.8 Å². The SMILES string of the molecule is NC(=O)CCCCC(=O)N1CCc2ccc(cc2)CC1. The van der Waals surface area contributed by atoms with E-state index in [-0.39, 0.29) is 11.8 Å². The molecule has 0 unspecified atom stereocenters. The highest BCUT2D eigenvalue weighted by molar-refractivity contribution is 5.76. The summed E-state index contributed by atoms with van der Waals surface area (Å²) in [4.78, 5) is 24.8. The lowest BCUT2D eigenvalue weighted by Gasteiger charge is -2.22. The molecule has 2 bridgehead atoms. The molecule has 2 N–H and O–H groups in total. The van der Waals surface area contributed by atoms with Gasteiger partial charge in [-0.3, -0.25) is 9.59 Å². The number of primary amides is 1. The molecule has 20 heavy (non-hydrogen) atoms. The Kier molecular flexibility index (Phi) is 5.16. The van der Waals surface area contributed by atoms with Crippen LogP contribution in [0.5, 0.6) is 0 Å². The Labute approximate surface area is 119 Å². The molecule has 108 valence electrons. The maximum Gasteiger partial charge on any atom is 0.222 e. The Bertz CT molecular complexity index is 441. The summed E-state index contributed by atoms with van der Waals surface area (Å²) >= 11 is 0. The maximum atomic E-state index is 12.2. The minimum atomic E-state index is -0.290. The smallest absolute Gasteiger partial charge is 0.222 e. The van der Waals surface area contributed by atoms with Crippen LogP contribution < -0.4 is 5.73 Å². The molecular weight excluding hydrogens is 252 g/mol. The molecule has 3 rings (SSSR count). The van der Waals surface area contributed by atoms with Gasteiger partial charge in [0.2, 0.25) is 11.8 Å². The van der Waals surface area contributed by atoms with Crippen molar-refractivity contribution in [3.05, 3.63) is 35.4 Å². The lowest BCUT2D eigenvalue weighted by atomic mass is 10.1. The Balaban J connectivity index is 1.81. The highest BCUT2D eigenvalue weighted by Crippen LogP contribution is 2.12. The van der Waals surface area contributed by atoms with Gasteiger partial charge in [-0.25, -0.2) is 0 Å². The van der Waals surface area contributed by atoms with Crippen molar-refractivity contribution in [3.63, 3.8) is 0 Å². The zero-order valence-electron chi connectivity index (χ0n) is 11.8. The van der Waals surface area contributed by atoms with Crippen molar-refractivity contribution in [2.75, 3.05) is 13.1 Å². The van der Waals surface area contributed by atoms with Gasteiger partial charge < -0.3 is 10.6 Å². The van der Waals surface area contributed by atoms with Crippen LogP contribution in [0.4, 0.5) is 0 Å². The Morgan fingerprint density at radius 2 is 1.45 bits per heavy atom. The molecular formula is C16H22N2O2. The van der Waals surface area contributed by atoms with Gasteiger partial charge in [-0.1, -0.05) is 24.3 Å². The highest BCUT2D eigenvalue weighted by atomic mass is 16.2. The molecule has 4 nitrogen and oxygen atoms in total. The van der Waals surface area contributed by atoms with Gasteiger partial charge in [0.25, 0.3) is 0 Å². The summed E-state index contributed by atoms with van der Waals surface area (Å²) in [6.45, 7) is 1.57. The summed E-state index contributed by atoms with van der Waals surface area (Å²) in [5.74, 6) is -0.0984. The third kappa shape index (κ3) is 4.37. The van der Waals surface area contributed by atoms with Gasteiger partial charge >= 0.3 is 0 Å². The van der Waals surface area contributed by atoms with Crippen LogP contribution in [0.3, 0.4) is 0 Å². The zero-order chi connectivity index (χ0) is 14.4. The molecule has 1 aromatic carbocycles. The number of hydrogen-bond donors (Lipinski definition) is 1. The van der Waals surface area contributed by atoms with E-state index >= 15 is 0 Å². The normalized spacial score (nSPS) is 14.5. The fraction of sp³-hybridized carbons (Fsp3) is 0.500. The Hall–Kier alpha value is -1.84. The standard InChI is InChI=1S/C16H22N2O2/c17-15(19)3-1-2-4-16(20)18-11-9-13-5-6-14(8-7-13)10-12-18/h5-8H,1-4,9-12H2,(H2,17,19). The van der Waals surface area contributed by atoms with E-state index < -0.39 is 0 Å². The molecule has 2 amide bonds. The third-order valence-corrected chi connectivity index (χ3v) is 3.78. The number of nitrogens with zero attached hydrogens (tertiary/aromatic N) is 1. The number of carbonyl (C=O) groups excluding carboxylic acids is 2. The van der Waals surface area contributed by atoms with Crippen molar-refractivity contribution in [2.45, 2.75) is 38.5 Å². The van der Waals surface area contributed by atoms with Gasteiger partial charge in [0.15, 0.2) is 0 Å². The van der Waals surface area contributed by atoms with Crippen LogP contribution in [-0.4, -0.2) is 29.8 Å². The molecule has 0 atom stereocenters. The number of hydrogen-bond acceptors (Lipinski definition) is 2. The van der Waals surface area contributed by atoms with Crippen LogP contribution in [0.1, 0.15) is 36.8 Å². The number of amides is 2. The fourth-order valence-electron chi connectivity index (χ4n) is 2.50. The molecule has 4 heteroatoms. The Morgan fingerprint density at radius 1 is 0.950 bits per heavy atom. The van der Waals surface area contributed by atoms with Crippen molar-refractivity contribution in [1.82, 2.24) is 4.90 Å².